The molecule has 0 spiro atoms. The van der Waals surface area contributed by atoms with E-state index in [1.165, 1.54) is 17.2 Å². The van der Waals surface area contributed by atoms with Gasteiger partial charge in [-0.15, -0.1) is 0 Å². The zero-order valence-electron chi connectivity index (χ0n) is 11.6. The smallest absolute Gasteiger partial charge is 0.162 e. The van der Waals surface area contributed by atoms with Gasteiger partial charge in [-0.05, 0) is 59.9 Å². The molecule has 0 fully saturated rings. The molecule has 0 radical (unpaired) electrons. The van der Waals surface area contributed by atoms with Crippen molar-refractivity contribution >= 4 is 0 Å². The molecule has 2 aromatic rings. The van der Waals surface area contributed by atoms with Crippen LogP contribution < -0.4 is 0 Å². The first-order valence-corrected chi connectivity index (χ1v) is 7.23. The first kappa shape index (κ1) is 13.3. The van der Waals surface area contributed by atoms with Crippen molar-refractivity contribution in [1.29, 1.82) is 0 Å². The molecule has 0 N–H and O–H groups in total. The lowest BCUT2D eigenvalue weighted by Gasteiger charge is -2.25. The fraction of sp³-hybridized carbons (Fsp3) is 0.333. The molecule has 1 atom stereocenters. The molecular formula is C18H18F2. The van der Waals surface area contributed by atoms with Gasteiger partial charge in [0.1, 0.15) is 0 Å². The van der Waals surface area contributed by atoms with Crippen LogP contribution in [0, 0.1) is 11.6 Å². The maximum absolute atomic E-state index is 13.7. The number of benzene rings is 2. The molecule has 0 nitrogen and oxygen atoms in total. The van der Waals surface area contributed by atoms with Gasteiger partial charge in [-0.1, -0.05) is 37.3 Å². The van der Waals surface area contributed by atoms with Gasteiger partial charge in [0.05, 0.1) is 0 Å². The Labute approximate surface area is 118 Å². The van der Waals surface area contributed by atoms with Crippen LogP contribution in [-0.4, -0.2) is 0 Å². The van der Waals surface area contributed by atoms with Crippen molar-refractivity contribution < 1.29 is 8.78 Å². The second-order valence-corrected chi connectivity index (χ2v) is 5.53. The number of rotatable bonds is 2. The number of fused-ring (bicyclic) bond motifs is 1. The van der Waals surface area contributed by atoms with Crippen molar-refractivity contribution in [2.45, 2.75) is 38.5 Å². The van der Waals surface area contributed by atoms with E-state index >= 15 is 0 Å². The summed E-state index contributed by atoms with van der Waals surface area (Å²) in [6, 6.07) is 11.7. The van der Waals surface area contributed by atoms with E-state index in [2.05, 4.69) is 31.2 Å². The maximum Gasteiger partial charge on any atom is 0.162 e. The van der Waals surface area contributed by atoms with E-state index < -0.39 is 11.6 Å². The molecule has 0 aromatic heterocycles. The largest absolute Gasteiger partial charge is 0.204 e. The Kier molecular flexibility index (Phi) is 3.56. The van der Waals surface area contributed by atoms with E-state index in [4.69, 9.17) is 0 Å². The fourth-order valence-electron chi connectivity index (χ4n) is 3.09. The molecule has 0 bridgehead atoms. The highest BCUT2D eigenvalue weighted by Crippen LogP contribution is 2.34. The summed E-state index contributed by atoms with van der Waals surface area (Å²) in [5.41, 5.74) is 4.17. The van der Waals surface area contributed by atoms with Crippen LogP contribution in [-0.2, 0) is 19.3 Å². The summed E-state index contributed by atoms with van der Waals surface area (Å²) in [6.45, 7) is 2.14. The second-order valence-electron chi connectivity index (χ2n) is 5.53. The third kappa shape index (κ3) is 2.35. The van der Waals surface area contributed by atoms with Gasteiger partial charge in [-0.25, -0.2) is 8.78 Å². The minimum Gasteiger partial charge on any atom is -0.204 e. The predicted octanol–water partition coefficient (Wildman–Crippen LogP) is 4.80. The molecule has 0 saturated carbocycles. The highest BCUT2D eigenvalue weighted by molar-refractivity contribution is 5.36. The zero-order chi connectivity index (χ0) is 14.1. The van der Waals surface area contributed by atoms with Crippen LogP contribution in [0.2, 0.25) is 0 Å². The van der Waals surface area contributed by atoms with E-state index in [1.807, 2.05) is 0 Å². The third-order valence-corrected chi connectivity index (χ3v) is 4.36. The molecule has 0 aliphatic heterocycles. The summed E-state index contributed by atoms with van der Waals surface area (Å²) < 4.78 is 27.0. The quantitative estimate of drug-likeness (QED) is 0.736. The van der Waals surface area contributed by atoms with Crippen LogP contribution in [0.1, 0.15) is 41.5 Å². The number of hydrogen-bond acceptors (Lipinski definition) is 0. The molecule has 1 unspecified atom stereocenters. The first-order valence-electron chi connectivity index (χ1n) is 7.23. The molecule has 3 rings (SSSR count). The first-order chi connectivity index (χ1) is 9.69. The highest BCUT2D eigenvalue weighted by Gasteiger charge is 2.23. The average Bonchev–Trinajstić information content (AvgIpc) is 2.51. The Morgan fingerprint density at radius 1 is 1.05 bits per heavy atom. The monoisotopic (exact) mass is 272 g/mol. The van der Waals surface area contributed by atoms with Gasteiger partial charge in [-0.2, -0.15) is 0 Å². The minimum absolute atomic E-state index is 0.415. The Bertz CT molecular complexity index is 614. The van der Waals surface area contributed by atoms with Crippen LogP contribution in [0.5, 0.6) is 0 Å². The summed E-state index contributed by atoms with van der Waals surface area (Å²) in [5.74, 6) is -0.963. The maximum atomic E-state index is 13.7. The summed E-state index contributed by atoms with van der Waals surface area (Å²) in [7, 11) is 0. The molecule has 2 heteroatoms. The molecule has 0 amide bonds. The van der Waals surface area contributed by atoms with E-state index in [0.717, 1.165) is 24.8 Å². The lowest BCUT2D eigenvalue weighted by atomic mass is 9.80. The Balaban J connectivity index is 1.86. The molecule has 20 heavy (non-hydrogen) atoms. The molecular weight excluding hydrogens is 254 g/mol. The molecule has 0 heterocycles. The predicted molar refractivity (Wildman–Crippen MR) is 76.9 cm³/mol. The van der Waals surface area contributed by atoms with Crippen molar-refractivity contribution in [2.75, 3.05) is 0 Å². The highest BCUT2D eigenvalue weighted by atomic mass is 19.2. The van der Waals surface area contributed by atoms with E-state index in [1.54, 1.807) is 6.07 Å². The van der Waals surface area contributed by atoms with Gasteiger partial charge in [0.25, 0.3) is 0 Å². The average molecular weight is 272 g/mol. The summed E-state index contributed by atoms with van der Waals surface area (Å²) in [5, 5.41) is 0. The van der Waals surface area contributed by atoms with Crippen LogP contribution in [0.3, 0.4) is 0 Å². The van der Waals surface area contributed by atoms with Gasteiger partial charge in [0.15, 0.2) is 11.6 Å². The Morgan fingerprint density at radius 3 is 2.50 bits per heavy atom. The molecule has 0 saturated heterocycles. The summed E-state index contributed by atoms with van der Waals surface area (Å²) in [6.07, 6.45) is 3.36. The van der Waals surface area contributed by atoms with Gasteiger partial charge in [-0.3, -0.25) is 0 Å². The van der Waals surface area contributed by atoms with Gasteiger partial charge in [0, 0.05) is 0 Å². The van der Waals surface area contributed by atoms with Crippen LogP contribution >= 0.6 is 0 Å². The Morgan fingerprint density at radius 2 is 1.80 bits per heavy atom. The molecule has 1 aliphatic rings. The van der Waals surface area contributed by atoms with Crippen molar-refractivity contribution in [3.05, 3.63) is 70.3 Å². The summed E-state index contributed by atoms with van der Waals surface area (Å²) in [4.78, 5) is 0. The number of aryl methyl sites for hydroxylation is 1. The fourth-order valence-corrected chi connectivity index (χ4v) is 3.09. The number of hydrogen-bond donors (Lipinski definition) is 0. The van der Waals surface area contributed by atoms with Crippen LogP contribution in [0.25, 0.3) is 0 Å². The van der Waals surface area contributed by atoms with Crippen molar-refractivity contribution in [2.24, 2.45) is 0 Å². The van der Waals surface area contributed by atoms with Crippen LogP contribution in [0.15, 0.2) is 36.4 Å². The van der Waals surface area contributed by atoms with Gasteiger partial charge < -0.3 is 0 Å². The standard InChI is InChI=1S/C18H18F2/c1-2-12-3-5-13(6-4-12)14-7-9-16-15(11-14)8-10-17(19)18(16)20/h3-6,8,10,14H,2,7,9,11H2,1H3. The SMILES string of the molecule is CCc1ccc(C2CCc3c(ccc(F)c3F)C2)cc1. The van der Waals surface area contributed by atoms with E-state index in [-0.39, 0.29) is 0 Å². The third-order valence-electron chi connectivity index (χ3n) is 4.36. The number of halogens is 2. The topological polar surface area (TPSA) is 0 Å². The lowest BCUT2D eigenvalue weighted by molar-refractivity contribution is 0.478. The molecule has 2 aromatic carbocycles. The second kappa shape index (κ2) is 5.35. The molecule has 104 valence electrons. The van der Waals surface area contributed by atoms with E-state index in [0.29, 0.717) is 17.9 Å². The Hall–Kier alpha value is -1.70. The van der Waals surface area contributed by atoms with Crippen molar-refractivity contribution in [3.63, 3.8) is 0 Å². The normalized spacial score (nSPS) is 17.9. The van der Waals surface area contributed by atoms with Crippen molar-refractivity contribution in [3.8, 4) is 0 Å². The zero-order valence-corrected chi connectivity index (χ0v) is 11.6. The van der Waals surface area contributed by atoms with Crippen LogP contribution in [0.4, 0.5) is 8.78 Å². The van der Waals surface area contributed by atoms with E-state index in [9.17, 15) is 8.78 Å². The minimum atomic E-state index is -0.727. The van der Waals surface area contributed by atoms with Crippen molar-refractivity contribution in [1.82, 2.24) is 0 Å². The lowest BCUT2D eigenvalue weighted by Crippen LogP contribution is -2.15. The summed E-state index contributed by atoms with van der Waals surface area (Å²) >= 11 is 0. The van der Waals surface area contributed by atoms with Gasteiger partial charge in [0.2, 0.25) is 0 Å². The molecule has 1 aliphatic carbocycles. The van der Waals surface area contributed by atoms with Gasteiger partial charge >= 0.3 is 0 Å².